The molecule has 1 aliphatic rings. The first-order valence-electron chi connectivity index (χ1n) is 8.52. The van der Waals surface area contributed by atoms with Gasteiger partial charge in [-0.3, -0.25) is 9.59 Å². The third-order valence-electron chi connectivity index (χ3n) is 4.59. The van der Waals surface area contributed by atoms with Gasteiger partial charge in [0.2, 0.25) is 5.91 Å². The van der Waals surface area contributed by atoms with E-state index in [0.29, 0.717) is 12.0 Å². The van der Waals surface area contributed by atoms with Crippen LogP contribution in [0.3, 0.4) is 0 Å². The van der Waals surface area contributed by atoms with E-state index >= 15 is 0 Å². The van der Waals surface area contributed by atoms with Gasteiger partial charge in [-0.25, -0.2) is 4.39 Å². The Morgan fingerprint density at radius 1 is 1.12 bits per heavy atom. The highest BCUT2D eigenvalue weighted by Gasteiger charge is 2.47. The number of Topliss-reactive ketones (excluding diaryl/α,β-unsaturated/α-hetero) is 1. The maximum Gasteiger partial charge on any atom is 0.224 e. The van der Waals surface area contributed by atoms with Crippen LogP contribution in [-0.4, -0.2) is 17.7 Å². The summed E-state index contributed by atoms with van der Waals surface area (Å²) < 4.78 is 13.9. The zero-order chi connectivity index (χ0) is 18.3. The van der Waals surface area contributed by atoms with Gasteiger partial charge in [-0.05, 0) is 29.4 Å². The van der Waals surface area contributed by atoms with Crippen LogP contribution in [-0.2, 0) is 9.59 Å². The second-order valence-corrected chi connectivity index (χ2v) is 8.89. The molecular formula is C20H28FNO2. The molecule has 0 saturated heterocycles. The van der Waals surface area contributed by atoms with Crippen LogP contribution in [0.5, 0.6) is 0 Å². The van der Waals surface area contributed by atoms with Crippen molar-refractivity contribution < 1.29 is 14.0 Å². The third kappa shape index (κ3) is 4.03. The van der Waals surface area contributed by atoms with E-state index in [0.717, 1.165) is 0 Å². The monoisotopic (exact) mass is 333 g/mol. The summed E-state index contributed by atoms with van der Waals surface area (Å²) in [6, 6.07) is 6.03. The van der Waals surface area contributed by atoms with Crippen molar-refractivity contribution in [2.24, 2.45) is 16.7 Å². The highest BCUT2D eigenvalue weighted by molar-refractivity contribution is 5.94. The SMILES string of the molecule is CC(C)(C)C(=O)[C@@H](NC(=O)[C@@H]1CC1c1ccccc1F)C(C)(C)C. The molecule has 24 heavy (non-hydrogen) atoms. The zero-order valence-corrected chi connectivity index (χ0v) is 15.4. The van der Waals surface area contributed by atoms with Gasteiger partial charge >= 0.3 is 0 Å². The van der Waals surface area contributed by atoms with Crippen molar-refractivity contribution in [1.29, 1.82) is 0 Å². The number of carbonyl (C=O) groups excluding carboxylic acids is 2. The smallest absolute Gasteiger partial charge is 0.224 e. The summed E-state index contributed by atoms with van der Waals surface area (Å²) in [4.78, 5) is 25.3. The lowest BCUT2D eigenvalue weighted by Crippen LogP contribution is -2.53. The van der Waals surface area contributed by atoms with Crippen molar-refractivity contribution >= 4 is 11.7 Å². The number of ketones is 1. The topological polar surface area (TPSA) is 46.2 Å². The minimum Gasteiger partial charge on any atom is -0.345 e. The molecule has 1 N–H and O–H groups in total. The molecular weight excluding hydrogens is 305 g/mol. The van der Waals surface area contributed by atoms with Crippen molar-refractivity contribution in [2.75, 3.05) is 0 Å². The summed E-state index contributed by atoms with van der Waals surface area (Å²) >= 11 is 0. The number of benzene rings is 1. The van der Waals surface area contributed by atoms with Gasteiger partial charge in [0.05, 0.1) is 6.04 Å². The molecule has 2 rings (SSSR count). The Hall–Kier alpha value is -1.71. The lowest BCUT2D eigenvalue weighted by molar-refractivity contribution is -0.135. The Labute approximate surface area is 144 Å². The maximum absolute atomic E-state index is 13.9. The molecule has 0 bridgehead atoms. The van der Waals surface area contributed by atoms with Crippen LogP contribution in [0.25, 0.3) is 0 Å². The Morgan fingerprint density at radius 2 is 1.71 bits per heavy atom. The van der Waals surface area contributed by atoms with E-state index in [2.05, 4.69) is 5.32 Å². The molecule has 0 aromatic heterocycles. The van der Waals surface area contributed by atoms with Crippen LogP contribution in [0, 0.1) is 22.6 Å². The normalized spacial score (nSPS) is 22.0. The molecule has 1 amide bonds. The number of carbonyl (C=O) groups is 2. The number of rotatable bonds is 4. The summed E-state index contributed by atoms with van der Waals surface area (Å²) in [6.07, 6.45) is 0.632. The number of nitrogens with one attached hydrogen (secondary N) is 1. The average molecular weight is 333 g/mol. The Balaban J connectivity index is 2.10. The Morgan fingerprint density at radius 3 is 2.21 bits per heavy atom. The fourth-order valence-electron chi connectivity index (χ4n) is 2.96. The van der Waals surface area contributed by atoms with E-state index in [-0.39, 0.29) is 34.8 Å². The maximum atomic E-state index is 13.9. The number of hydrogen-bond donors (Lipinski definition) is 1. The van der Waals surface area contributed by atoms with Crippen LogP contribution >= 0.6 is 0 Å². The molecule has 1 unspecified atom stereocenters. The standard InChI is InChI=1S/C20H28FNO2/c1-19(2,3)16(17(23)20(4,5)6)22-18(24)14-11-13(14)12-9-7-8-10-15(12)21/h7-10,13-14,16H,11H2,1-6H3,(H,22,24)/t13?,14-,16-/m1/s1. The van der Waals surface area contributed by atoms with E-state index in [1.165, 1.54) is 6.07 Å². The van der Waals surface area contributed by atoms with E-state index in [1.54, 1.807) is 18.2 Å². The second kappa shape index (κ2) is 6.30. The lowest BCUT2D eigenvalue weighted by Gasteiger charge is -2.34. The van der Waals surface area contributed by atoms with Gasteiger partial charge in [-0.15, -0.1) is 0 Å². The zero-order valence-electron chi connectivity index (χ0n) is 15.4. The molecule has 1 aliphatic carbocycles. The molecule has 0 radical (unpaired) electrons. The quantitative estimate of drug-likeness (QED) is 0.902. The van der Waals surface area contributed by atoms with Gasteiger partial charge < -0.3 is 5.32 Å². The predicted molar refractivity (Wildman–Crippen MR) is 93.1 cm³/mol. The molecule has 3 atom stereocenters. The molecule has 0 heterocycles. The molecule has 1 aromatic carbocycles. The predicted octanol–water partition coefficient (Wildman–Crippen LogP) is 4.08. The molecule has 3 nitrogen and oxygen atoms in total. The third-order valence-corrected chi connectivity index (χ3v) is 4.59. The number of amides is 1. The largest absolute Gasteiger partial charge is 0.345 e. The summed E-state index contributed by atoms with van der Waals surface area (Å²) in [7, 11) is 0. The minimum atomic E-state index is -0.549. The van der Waals surface area contributed by atoms with Crippen molar-refractivity contribution in [1.82, 2.24) is 5.32 Å². The molecule has 0 spiro atoms. The van der Waals surface area contributed by atoms with Gasteiger partial charge in [0.1, 0.15) is 5.82 Å². The van der Waals surface area contributed by atoms with E-state index in [1.807, 2.05) is 41.5 Å². The fraction of sp³-hybridized carbons (Fsp3) is 0.600. The number of halogens is 1. The summed E-state index contributed by atoms with van der Waals surface area (Å²) in [5.74, 6) is -0.737. The minimum absolute atomic E-state index is 0.0199. The highest BCUT2D eigenvalue weighted by atomic mass is 19.1. The van der Waals surface area contributed by atoms with Gasteiger partial charge in [0, 0.05) is 11.3 Å². The summed E-state index contributed by atoms with van der Waals surface area (Å²) in [5, 5.41) is 2.93. The van der Waals surface area contributed by atoms with Crippen molar-refractivity contribution in [3.05, 3.63) is 35.6 Å². The molecule has 1 fully saturated rings. The number of hydrogen-bond acceptors (Lipinski definition) is 2. The van der Waals surface area contributed by atoms with E-state index in [9.17, 15) is 14.0 Å². The van der Waals surface area contributed by atoms with Crippen LogP contribution < -0.4 is 5.32 Å². The van der Waals surface area contributed by atoms with Gasteiger partial charge in [-0.2, -0.15) is 0 Å². The molecule has 0 aliphatic heterocycles. The van der Waals surface area contributed by atoms with Gasteiger partial charge in [0.15, 0.2) is 5.78 Å². The molecule has 1 aromatic rings. The van der Waals surface area contributed by atoms with Crippen molar-refractivity contribution in [2.45, 2.75) is 59.9 Å². The van der Waals surface area contributed by atoms with Gasteiger partial charge in [-0.1, -0.05) is 59.7 Å². The first kappa shape index (κ1) is 18.6. The summed E-state index contributed by atoms with van der Waals surface area (Å²) in [5.41, 5.74) is -0.311. The van der Waals surface area contributed by atoms with E-state index in [4.69, 9.17) is 0 Å². The summed E-state index contributed by atoms with van der Waals surface area (Å²) in [6.45, 7) is 11.4. The van der Waals surface area contributed by atoms with Gasteiger partial charge in [0.25, 0.3) is 0 Å². The van der Waals surface area contributed by atoms with Crippen molar-refractivity contribution in [3.8, 4) is 0 Å². The van der Waals surface area contributed by atoms with Crippen LogP contribution in [0.15, 0.2) is 24.3 Å². The Bertz CT molecular complexity index is 640. The lowest BCUT2D eigenvalue weighted by atomic mass is 9.75. The molecule has 4 heteroatoms. The Kier molecular flexibility index (Phi) is 4.89. The van der Waals surface area contributed by atoms with Crippen LogP contribution in [0.2, 0.25) is 0 Å². The van der Waals surface area contributed by atoms with E-state index < -0.39 is 11.5 Å². The molecule has 1 saturated carbocycles. The average Bonchev–Trinajstić information content (AvgIpc) is 3.22. The first-order chi connectivity index (χ1) is 10.9. The highest BCUT2D eigenvalue weighted by Crippen LogP contribution is 2.48. The fourth-order valence-corrected chi connectivity index (χ4v) is 2.96. The first-order valence-corrected chi connectivity index (χ1v) is 8.52. The second-order valence-electron chi connectivity index (χ2n) is 8.89. The van der Waals surface area contributed by atoms with Crippen molar-refractivity contribution in [3.63, 3.8) is 0 Å². The van der Waals surface area contributed by atoms with Crippen LogP contribution in [0.4, 0.5) is 4.39 Å². The van der Waals surface area contributed by atoms with Crippen LogP contribution in [0.1, 0.15) is 59.4 Å². The molecule has 132 valence electrons.